The fraction of sp³-hybridized carbons (Fsp3) is 0.250. The van der Waals surface area contributed by atoms with Crippen LogP contribution in [0.25, 0.3) is 0 Å². The van der Waals surface area contributed by atoms with E-state index in [9.17, 15) is 9.59 Å². The molecule has 2 N–H and O–H groups in total. The maximum atomic E-state index is 11.5. The van der Waals surface area contributed by atoms with Gasteiger partial charge in [-0.05, 0) is 19.1 Å². The van der Waals surface area contributed by atoms with Crippen molar-refractivity contribution in [3.63, 3.8) is 0 Å². The Labute approximate surface area is 115 Å². The van der Waals surface area contributed by atoms with Gasteiger partial charge in [0.25, 0.3) is 0 Å². The van der Waals surface area contributed by atoms with E-state index < -0.39 is 11.9 Å². The molecule has 0 atom stereocenters. The topological polar surface area (TPSA) is 79.8 Å². The van der Waals surface area contributed by atoms with Gasteiger partial charge in [0.1, 0.15) is 0 Å². The molecule has 102 valence electrons. The first-order valence-corrected chi connectivity index (χ1v) is 5.95. The van der Waals surface area contributed by atoms with Crippen LogP contribution >= 0.6 is 11.6 Å². The van der Waals surface area contributed by atoms with Crippen LogP contribution in [0.5, 0.6) is 0 Å². The molecule has 0 aromatic heterocycles. The van der Waals surface area contributed by atoms with Crippen LogP contribution in [0.1, 0.15) is 13.8 Å². The van der Waals surface area contributed by atoms with Gasteiger partial charge in [-0.25, -0.2) is 4.79 Å². The predicted octanol–water partition coefficient (Wildman–Crippen LogP) is 1.76. The summed E-state index contributed by atoms with van der Waals surface area (Å²) >= 11 is 5.92. The molecule has 7 heteroatoms. The minimum absolute atomic E-state index is 0.184. The van der Waals surface area contributed by atoms with Gasteiger partial charge in [0.15, 0.2) is 0 Å². The number of amides is 1. The van der Waals surface area contributed by atoms with E-state index in [1.54, 1.807) is 31.2 Å². The van der Waals surface area contributed by atoms with Crippen molar-refractivity contribution in [1.82, 2.24) is 5.32 Å². The number of hydrazone groups is 1. The van der Waals surface area contributed by atoms with E-state index in [0.717, 1.165) is 0 Å². The molecule has 19 heavy (non-hydrogen) atoms. The quantitative estimate of drug-likeness (QED) is 0.383. The van der Waals surface area contributed by atoms with Crippen molar-refractivity contribution in [3.8, 4) is 0 Å². The number of carbonyl (C=O) groups is 2. The Kier molecular flexibility index (Phi) is 5.81. The molecule has 0 heterocycles. The van der Waals surface area contributed by atoms with Gasteiger partial charge in [-0.15, -0.1) is 5.10 Å². The van der Waals surface area contributed by atoms with Crippen LogP contribution in [0.4, 0.5) is 5.69 Å². The number of nitrogens with one attached hydrogen (secondary N) is 2. The SMILES string of the molecule is CCOC(=O)/C(=N/Nc1ccccc1Cl)NC(C)=O. The average molecular weight is 284 g/mol. The Bertz CT molecular complexity index is 503. The maximum Gasteiger partial charge on any atom is 0.376 e. The average Bonchev–Trinajstić information content (AvgIpc) is 2.36. The number of ether oxygens (including phenoxy) is 1. The second-order valence-corrected chi connectivity index (χ2v) is 3.86. The van der Waals surface area contributed by atoms with Crippen LogP contribution in [0.15, 0.2) is 29.4 Å². The molecule has 6 nitrogen and oxygen atoms in total. The van der Waals surface area contributed by atoms with Crippen LogP contribution in [0, 0.1) is 0 Å². The lowest BCUT2D eigenvalue weighted by molar-refractivity contribution is -0.136. The number of carbonyl (C=O) groups excluding carboxylic acids is 2. The van der Waals surface area contributed by atoms with Crippen molar-refractivity contribution in [1.29, 1.82) is 0 Å². The van der Waals surface area contributed by atoms with Crippen molar-refractivity contribution < 1.29 is 14.3 Å². The molecule has 0 bridgehead atoms. The number of nitrogens with zero attached hydrogens (tertiary/aromatic N) is 1. The third-order valence-corrected chi connectivity index (χ3v) is 2.25. The third kappa shape index (κ3) is 4.97. The molecule has 0 saturated carbocycles. The molecule has 0 saturated heterocycles. The van der Waals surface area contributed by atoms with E-state index in [-0.39, 0.29) is 12.4 Å². The van der Waals surface area contributed by atoms with Gasteiger partial charge in [0.05, 0.1) is 17.3 Å². The minimum Gasteiger partial charge on any atom is -0.460 e. The molecule has 0 fully saturated rings. The van der Waals surface area contributed by atoms with E-state index in [4.69, 9.17) is 16.3 Å². The molecule has 0 radical (unpaired) electrons. The van der Waals surface area contributed by atoms with Gasteiger partial charge in [-0.1, -0.05) is 23.7 Å². The molecule has 1 aromatic carbocycles. The third-order valence-electron chi connectivity index (χ3n) is 1.93. The number of para-hydroxylation sites is 1. The summed E-state index contributed by atoms with van der Waals surface area (Å²) in [5.41, 5.74) is 3.11. The lowest BCUT2D eigenvalue weighted by atomic mass is 10.3. The highest BCUT2D eigenvalue weighted by molar-refractivity contribution is 6.38. The number of rotatable bonds is 3. The first-order chi connectivity index (χ1) is 9.04. The maximum absolute atomic E-state index is 11.5. The molecular weight excluding hydrogens is 270 g/mol. The van der Waals surface area contributed by atoms with Crippen LogP contribution in [-0.2, 0) is 14.3 Å². The summed E-state index contributed by atoms with van der Waals surface area (Å²) in [4.78, 5) is 22.5. The number of esters is 1. The van der Waals surface area contributed by atoms with Crippen molar-refractivity contribution in [2.24, 2.45) is 5.10 Å². The molecule has 0 aliphatic rings. The van der Waals surface area contributed by atoms with E-state index in [2.05, 4.69) is 15.8 Å². The normalized spacial score (nSPS) is 10.8. The first-order valence-electron chi connectivity index (χ1n) is 5.57. The predicted molar refractivity (Wildman–Crippen MR) is 73.0 cm³/mol. The molecule has 0 aliphatic carbocycles. The number of benzene rings is 1. The number of halogens is 1. The van der Waals surface area contributed by atoms with Gasteiger partial charge in [0.2, 0.25) is 11.7 Å². The summed E-state index contributed by atoms with van der Waals surface area (Å²) in [6, 6.07) is 6.87. The minimum atomic E-state index is -0.725. The van der Waals surface area contributed by atoms with E-state index in [1.165, 1.54) is 6.92 Å². The summed E-state index contributed by atoms with van der Waals surface area (Å²) in [6.45, 7) is 3.11. The van der Waals surface area contributed by atoms with Crippen molar-refractivity contribution in [2.45, 2.75) is 13.8 Å². The fourth-order valence-corrected chi connectivity index (χ4v) is 1.34. The van der Waals surface area contributed by atoms with Crippen LogP contribution in [0.3, 0.4) is 0 Å². The van der Waals surface area contributed by atoms with Crippen LogP contribution in [0.2, 0.25) is 5.02 Å². The van der Waals surface area contributed by atoms with Crippen LogP contribution < -0.4 is 10.7 Å². The van der Waals surface area contributed by atoms with Gasteiger partial charge in [-0.2, -0.15) is 0 Å². The summed E-state index contributed by atoms with van der Waals surface area (Å²) in [5, 5.41) is 6.52. The molecule has 0 aliphatic heterocycles. The van der Waals surface area contributed by atoms with E-state index in [1.807, 2.05) is 0 Å². The lowest BCUT2D eigenvalue weighted by Gasteiger charge is -2.07. The molecule has 1 amide bonds. The Morgan fingerprint density at radius 2 is 2.05 bits per heavy atom. The van der Waals surface area contributed by atoms with Gasteiger partial charge in [-0.3, -0.25) is 10.2 Å². The second-order valence-electron chi connectivity index (χ2n) is 3.45. The second kappa shape index (κ2) is 7.38. The zero-order valence-corrected chi connectivity index (χ0v) is 11.3. The van der Waals surface area contributed by atoms with E-state index >= 15 is 0 Å². The summed E-state index contributed by atoms with van der Waals surface area (Å²) in [5.74, 6) is -1.38. The summed E-state index contributed by atoms with van der Waals surface area (Å²) in [7, 11) is 0. The highest BCUT2D eigenvalue weighted by atomic mass is 35.5. The van der Waals surface area contributed by atoms with Crippen LogP contribution in [-0.4, -0.2) is 24.3 Å². The molecular formula is C12H14ClN3O3. The fourth-order valence-electron chi connectivity index (χ4n) is 1.16. The number of hydrogen-bond donors (Lipinski definition) is 2. The molecule has 1 aromatic rings. The van der Waals surface area contributed by atoms with Gasteiger partial charge < -0.3 is 10.1 Å². The highest BCUT2D eigenvalue weighted by Gasteiger charge is 2.14. The summed E-state index contributed by atoms with van der Waals surface area (Å²) < 4.78 is 4.77. The number of amidine groups is 1. The highest BCUT2D eigenvalue weighted by Crippen LogP contribution is 2.20. The molecule has 0 spiro atoms. The first kappa shape index (κ1) is 15.0. The van der Waals surface area contributed by atoms with Crippen molar-refractivity contribution in [2.75, 3.05) is 12.0 Å². The largest absolute Gasteiger partial charge is 0.460 e. The standard InChI is InChI=1S/C12H14ClN3O3/c1-3-19-12(18)11(14-8(2)17)16-15-10-7-5-4-6-9(10)13/h4-7,15H,3H2,1-2H3,(H,14,16,17). The summed E-state index contributed by atoms with van der Waals surface area (Å²) in [6.07, 6.45) is 0. The van der Waals surface area contributed by atoms with Crippen molar-refractivity contribution >= 4 is 35.0 Å². The Hall–Kier alpha value is -2.08. The monoisotopic (exact) mass is 283 g/mol. The van der Waals surface area contributed by atoms with E-state index in [0.29, 0.717) is 10.7 Å². The Balaban J connectivity index is 2.85. The van der Waals surface area contributed by atoms with Gasteiger partial charge >= 0.3 is 5.97 Å². The zero-order chi connectivity index (χ0) is 14.3. The Morgan fingerprint density at radius 3 is 2.63 bits per heavy atom. The van der Waals surface area contributed by atoms with Crippen molar-refractivity contribution in [3.05, 3.63) is 29.3 Å². The number of hydrogen-bond acceptors (Lipinski definition) is 5. The lowest BCUT2D eigenvalue weighted by Crippen LogP contribution is -2.36. The zero-order valence-electron chi connectivity index (χ0n) is 10.6. The molecule has 1 rings (SSSR count). The smallest absolute Gasteiger partial charge is 0.376 e. The Morgan fingerprint density at radius 1 is 1.37 bits per heavy atom. The molecule has 0 unspecified atom stereocenters. The number of anilines is 1. The van der Waals surface area contributed by atoms with Gasteiger partial charge in [0, 0.05) is 6.92 Å².